The maximum absolute atomic E-state index is 13.8. The minimum absolute atomic E-state index is 0.0872. The Balaban J connectivity index is 1.26. The maximum atomic E-state index is 13.8. The van der Waals surface area contributed by atoms with Crippen LogP contribution in [0.4, 0.5) is 4.79 Å². The fraction of sp³-hybridized carbons (Fsp3) is 0.189. The molecule has 0 unspecified atom stereocenters. The highest BCUT2D eigenvalue weighted by atomic mass is 16.5. The summed E-state index contributed by atoms with van der Waals surface area (Å²) in [5.41, 5.74) is 7.37. The van der Waals surface area contributed by atoms with Crippen molar-refractivity contribution in [1.29, 1.82) is 0 Å². The molecule has 2 heterocycles. The van der Waals surface area contributed by atoms with Gasteiger partial charge >= 0.3 is 6.09 Å². The highest BCUT2D eigenvalue weighted by Crippen LogP contribution is 2.26. The summed E-state index contributed by atoms with van der Waals surface area (Å²) < 4.78 is 5.73. The van der Waals surface area contributed by atoms with Gasteiger partial charge in [-0.1, -0.05) is 78.0 Å². The molecule has 0 saturated heterocycles. The largest absolute Gasteiger partial charge is 0.508 e. The molecule has 4 aromatic carbocycles. The summed E-state index contributed by atoms with van der Waals surface area (Å²) in [6.45, 7) is 3.62. The van der Waals surface area contributed by atoms with Crippen LogP contribution in [0.2, 0.25) is 0 Å². The molecule has 2 aromatic heterocycles. The Morgan fingerprint density at radius 1 is 0.872 bits per heavy atom. The van der Waals surface area contributed by atoms with E-state index in [-0.39, 0.29) is 18.1 Å². The number of phenols is 1. The van der Waals surface area contributed by atoms with Crippen LogP contribution in [-0.4, -0.2) is 43.4 Å². The van der Waals surface area contributed by atoms with Gasteiger partial charge < -0.3 is 30.4 Å². The second-order valence-electron chi connectivity index (χ2n) is 11.7. The number of aromatic hydroxyl groups is 1. The summed E-state index contributed by atoms with van der Waals surface area (Å²) in [6, 6.07) is 27.4. The SMILES string of the molecule is Cc1cc(O)cc(C)c1C[C@H](NC(=O)O)C(=O)N[C@@H](Cc1c[nH]c2ccccc12)c1nc(Cc2ccc(-c3ccccc3)cc2)no1. The summed E-state index contributed by atoms with van der Waals surface area (Å²) >= 11 is 0. The number of aromatic nitrogens is 3. The van der Waals surface area contributed by atoms with Gasteiger partial charge in [0.15, 0.2) is 5.82 Å². The standard InChI is InChI=1S/C37H35N5O5/c1-22-16-28(43)17-23(2)30(22)20-32(40-37(45)46)35(44)39-33(19-27-21-38-31-11-7-6-10-29(27)31)36-41-34(42-47-36)18-24-12-14-26(15-13-24)25-8-4-3-5-9-25/h3-17,21,32-33,38,40,43H,18-20H2,1-2H3,(H,39,44)(H,45,46)/t32-,33-/m0/s1. The molecule has 0 aliphatic rings. The number of nitrogens with zero attached hydrogens (tertiary/aromatic N) is 2. The summed E-state index contributed by atoms with van der Waals surface area (Å²) in [6.07, 6.45) is 1.38. The third kappa shape index (κ3) is 7.33. The molecule has 0 spiro atoms. The molecule has 5 N–H and O–H groups in total. The lowest BCUT2D eigenvalue weighted by atomic mass is 9.95. The first-order valence-electron chi connectivity index (χ1n) is 15.3. The van der Waals surface area contributed by atoms with Gasteiger partial charge in [-0.2, -0.15) is 4.98 Å². The van der Waals surface area contributed by atoms with E-state index >= 15 is 0 Å². The molecule has 0 saturated carbocycles. The molecule has 6 rings (SSSR count). The summed E-state index contributed by atoms with van der Waals surface area (Å²) in [7, 11) is 0. The molecule has 2 atom stereocenters. The third-order valence-corrected chi connectivity index (χ3v) is 8.32. The molecule has 0 aliphatic carbocycles. The van der Waals surface area contributed by atoms with E-state index in [1.807, 2.05) is 74.6 Å². The van der Waals surface area contributed by atoms with Crippen LogP contribution in [0.1, 0.15) is 45.6 Å². The first-order chi connectivity index (χ1) is 22.7. The van der Waals surface area contributed by atoms with Gasteiger partial charge in [0.1, 0.15) is 17.8 Å². The van der Waals surface area contributed by atoms with Gasteiger partial charge in [-0.25, -0.2) is 4.79 Å². The van der Waals surface area contributed by atoms with Crippen LogP contribution in [0.3, 0.4) is 0 Å². The normalized spacial score (nSPS) is 12.5. The van der Waals surface area contributed by atoms with Gasteiger partial charge in [-0.05, 0) is 71.0 Å². The summed E-state index contributed by atoms with van der Waals surface area (Å²) in [5, 5.41) is 30.2. The number of fused-ring (bicyclic) bond motifs is 1. The lowest BCUT2D eigenvalue weighted by molar-refractivity contribution is -0.124. The number of nitrogens with one attached hydrogen (secondary N) is 3. The van der Waals surface area contributed by atoms with Crippen molar-refractivity contribution in [2.24, 2.45) is 0 Å². The third-order valence-electron chi connectivity index (χ3n) is 8.32. The van der Waals surface area contributed by atoms with Crippen LogP contribution < -0.4 is 10.6 Å². The number of phenolic OH excluding ortho intramolecular Hbond substituents is 1. The van der Waals surface area contributed by atoms with Crippen molar-refractivity contribution in [3.05, 3.63) is 137 Å². The van der Waals surface area contributed by atoms with Crippen LogP contribution in [0.5, 0.6) is 5.75 Å². The fourth-order valence-electron chi connectivity index (χ4n) is 5.96. The highest BCUT2D eigenvalue weighted by Gasteiger charge is 2.29. The molecule has 10 heteroatoms. The Morgan fingerprint density at radius 3 is 2.28 bits per heavy atom. The molecule has 2 amide bonds. The number of aromatic amines is 1. The number of carbonyl (C=O) groups is 2. The predicted octanol–water partition coefficient (Wildman–Crippen LogP) is 6.41. The number of hydrogen-bond donors (Lipinski definition) is 5. The van der Waals surface area contributed by atoms with Gasteiger partial charge in [-0.15, -0.1) is 0 Å². The summed E-state index contributed by atoms with van der Waals surface area (Å²) in [5.74, 6) is 0.237. The van der Waals surface area contributed by atoms with Crippen molar-refractivity contribution in [3.63, 3.8) is 0 Å². The quantitative estimate of drug-likeness (QED) is 0.111. The topological polar surface area (TPSA) is 153 Å². The Morgan fingerprint density at radius 2 is 1.55 bits per heavy atom. The number of aryl methyl sites for hydroxylation is 2. The van der Waals surface area contributed by atoms with E-state index in [0.29, 0.717) is 18.7 Å². The minimum atomic E-state index is -1.33. The van der Waals surface area contributed by atoms with Crippen LogP contribution >= 0.6 is 0 Å². The van der Waals surface area contributed by atoms with Crippen LogP contribution in [0.25, 0.3) is 22.0 Å². The van der Waals surface area contributed by atoms with E-state index in [9.17, 15) is 19.8 Å². The zero-order valence-electron chi connectivity index (χ0n) is 26.0. The van der Waals surface area contributed by atoms with Crippen molar-refractivity contribution in [2.75, 3.05) is 0 Å². The van der Waals surface area contributed by atoms with Gasteiger partial charge in [-0.3, -0.25) is 4.79 Å². The van der Waals surface area contributed by atoms with Gasteiger partial charge in [0.25, 0.3) is 0 Å². The van der Waals surface area contributed by atoms with Crippen molar-refractivity contribution in [3.8, 4) is 16.9 Å². The number of H-pyrrole nitrogens is 1. The Hall–Kier alpha value is -5.90. The van der Waals surface area contributed by atoms with Crippen molar-refractivity contribution < 1.29 is 24.3 Å². The molecule has 0 aliphatic heterocycles. The van der Waals surface area contributed by atoms with E-state index in [2.05, 4.69) is 50.0 Å². The molecular weight excluding hydrogens is 594 g/mol. The Kier molecular flexibility index (Phi) is 9.01. The maximum Gasteiger partial charge on any atom is 0.405 e. The Bertz CT molecular complexity index is 1990. The molecule has 47 heavy (non-hydrogen) atoms. The average Bonchev–Trinajstić information content (AvgIpc) is 3.69. The van der Waals surface area contributed by atoms with E-state index in [0.717, 1.165) is 49.8 Å². The average molecular weight is 630 g/mol. The lowest BCUT2D eigenvalue weighted by Gasteiger charge is -2.22. The molecule has 6 aromatic rings. The van der Waals surface area contributed by atoms with Gasteiger partial charge in [0.05, 0.1) is 0 Å². The van der Waals surface area contributed by atoms with Crippen LogP contribution in [0.15, 0.2) is 102 Å². The molecular formula is C37H35N5O5. The highest BCUT2D eigenvalue weighted by molar-refractivity contribution is 5.86. The number of para-hydroxylation sites is 1. The van der Waals surface area contributed by atoms with Crippen molar-refractivity contribution >= 4 is 22.9 Å². The van der Waals surface area contributed by atoms with Crippen molar-refractivity contribution in [2.45, 2.75) is 45.2 Å². The first kappa shape index (κ1) is 31.1. The monoisotopic (exact) mass is 629 g/mol. The molecule has 0 fully saturated rings. The lowest BCUT2D eigenvalue weighted by Crippen LogP contribution is -2.49. The van der Waals surface area contributed by atoms with E-state index in [4.69, 9.17) is 4.52 Å². The van der Waals surface area contributed by atoms with Gasteiger partial charge in [0.2, 0.25) is 11.8 Å². The number of rotatable bonds is 11. The molecule has 0 bridgehead atoms. The number of hydrogen-bond acceptors (Lipinski definition) is 6. The second-order valence-corrected chi connectivity index (χ2v) is 11.7. The zero-order valence-corrected chi connectivity index (χ0v) is 26.0. The smallest absolute Gasteiger partial charge is 0.405 e. The molecule has 0 radical (unpaired) electrons. The first-order valence-corrected chi connectivity index (χ1v) is 15.3. The van der Waals surface area contributed by atoms with E-state index in [1.54, 1.807) is 12.1 Å². The fourth-order valence-corrected chi connectivity index (χ4v) is 5.96. The van der Waals surface area contributed by atoms with Crippen LogP contribution in [0, 0.1) is 13.8 Å². The second kappa shape index (κ2) is 13.6. The number of benzene rings is 4. The minimum Gasteiger partial charge on any atom is -0.508 e. The van der Waals surface area contributed by atoms with E-state index in [1.165, 1.54) is 0 Å². The summed E-state index contributed by atoms with van der Waals surface area (Å²) in [4.78, 5) is 33.5. The zero-order chi connectivity index (χ0) is 32.9. The number of carbonyl (C=O) groups excluding carboxylic acids is 1. The van der Waals surface area contributed by atoms with E-state index < -0.39 is 24.1 Å². The number of amides is 2. The van der Waals surface area contributed by atoms with Gasteiger partial charge in [0, 0.05) is 36.4 Å². The van der Waals surface area contributed by atoms with Crippen molar-refractivity contribution in [1.82, 2.24) is 25.8 Å². The number of carboxylic acid groups (broad SMARTS) is 1. The molecule has 10 nitrogen and oxygen atoms in total. The predicted molar refractivity (Wildman–Crippen MR) is 178 cm³/mol. The molecule has 238 valence electrons. The Labute approximate surface area is 271 Å². The van der Waals surface area contributed by atoms with Crippen LogP contribution in [-0.2, 0) is 24.1 Å².